The van der Waals surface area contributed by atoms with E-state index in [4.69, 9.17) is 21.3 Å². The van der Waals surface area contributed by atoms with Crippen LogP contribution in [0.4, 0.5) is 5.95 Å². The number of nitrogens with one attached hydrogen (secondary N) is 1. The number of hydrogen-bond acceptors (Lipinski definition) is 7. The second kappa shape index (κ2) is 7.85. The number of fused-ring (bicyclic) bond motifs is 2. The molecule has 2 aliphatic heterocycles. The van der Waals surface area contributed by atoms with E-state index >= 15 is 0 Å². The molecule has 0 amide bonds. The highest BCUT2D eigenvalue weighted by atomic mass is 35.5. The van der Waals surface area contributed by atoms with Crippen molar-refractivity contribution in [3.8, 4) is 5.75 Å². The van der Waals surface area contributed by atoms with Crippen molar-refractivity contribution in [2.75, 3.05) is 31.6 Å². The molecular formula is C21H23ClN6O2. The molecule has 3 aromatic rings. The largest absolute Gasteiger partial charge is 0.497 e. The highest BCUT2D eigenvalue weighted by Crippen LogP contribution is 2.27. The normalized spacial score (nSPS) is 16.8. The lowest BCUT2D eigenvalue weighted by atomic mass is 10.1. The van der Waals surface area contributed by atoms with Crippen molar-refractivity contribution in [1.29, 1.82) is 0 Å². The van der Waals surface area contributed by atoms with Crippen LogP contribution >= 0.6 is 11.6 Å². The molecule has 1 N–H and O–H groups in total. The number of rotatable bonds is 4. The molecular weight excluding hydrogens is 404 g/mol. The number of aromatic amines is 1. The van der Waals surface area contributed by atoms with Crippen LogP contribution in [0.25, 0.3) is 10.9 Å². The summed E-state index contributed by atoms with van der Waals surface area (Å²) in [5.74, 6) is 1.98. The third kappa shape index (κ3) is 3.61. The second-order valence-corrected chi connectivity index (χ2v) is 8.21. The Balaban J connectivity index is 1.41. The first-order valence-electron chi connectivity index (χ1n) is 10.2. The van der Waals surface area contributed by atoms with Crippen LogP contribution < -0.4 is 15.2 Å². The van der Waals surface area contributed by atoms with E-state index in [2.05, 4.69) is 19.9 Å². The lowest BCUT2D eigenvalue weighted by Gasteiger charge is -2.29. The van der Waals surface area contributed by atoms with Crippen LogP contribution in [0.5, 0.6) is 5.75 Å². The minimum absolute atomic E-state index is 0.259. The highest BCUT2D eigenvalue weighted by Gasteiger charge is 2.22. The molecule has 0 spiro atoms. The quantitative estimate of drug-likeness (QED) is 0.685. The van der Waals surface area contributed by atoms with E-state index < -0.39 is 0 Å². The number of H-pyrrole nitrogens is 1. The highest BCUT2D eigenvalue weighted by molar-refractivity contribution is 6.35. The molecule has 0 radical (unpaired) electrons. The zero-order valence-electron chi connectivity index (χ0n) is 16.8. The van der Waals surface area contributed by atoms with Crippen molar-refractivity contribution in [2.45, 2.75) is 32.4 Å². The van der Waals surface area contributed by atoms with Crippen molar-refractivity contribution in [3.63, 3.8) is 0 Å². The molecule has 30 heavy (non-hydrogen) atoms. The van der Waals surface area contributed by atoms with Gasteiger partial charge in [0, 0.05) is 37.3 Å². The lowest BCUT2D eigenvalue weighted by molar-refractivity contribution is 0.321. The molecule has 5 rings (SSSR count). The lowest BCUT2D eigenvalue weighted by Crippen LogP contribution is -2.34. The number of anilines is 1. The number of aromatic nitrogens is 4. The Labute approximate surface area is 178 Å². The van der Waals surface area contributed by atoms with Gasteiger partial charge in [-0.1, -0.05) is 11.6 Å². The molecule has 0 saturated carbocycles. The number of methoxy groups -OCH3 is 1. The number of ether oxygens (including phenoxy) is 1. The smallest absolute Gasteiger partial charge is 0.261 e. The van der Waals surface area contributed by atoms with Crippen LogP contribution in [-0.2, 0) is 19.5 Å². The standard InChI is InChI=1S/C21H23ClN6O2/c1-30-14-8-15(22)19-17(9-14)25-21(26-20(19)29)28-7-4-16-13(11-28)10-23-18(24-16)12-27-5-2-3-6-27/h8-10H,2-7,11-12H2,1H3,(H,25,26,29). The molecule has 156 valence electrons. The Morgan fingerprint density at radius 2 is 2.03 bits per heavy atom. The van der Waals surface area contributed by atoms with Gasteiger partial charge in [0.2, 0.25) is 5.95 Å². The van der Waals surface area contributed by atoms with E-state index in [-0.39, 0.29) is 5.56 Å². The number of hydrogen-bond donors (Lipinski definition) is 1. The molecule has 0 unspecified atom stereocenters. The van der Waals surface area contributed by atoms with Crippen molar-refractivity contribution in [3.05, 3.63) is 50.8 Å². The number of benzene rings is 1. The molecule has 0 aliphatic carbocycles. The first-order valence-corrected chi connectivity index (χ1v) is 10.6. The van der Waals surface area contributed by atoms with Gasteiger partial charge in [0.15, 0.2) is 0 Å². The average Bonchev–Trinajstić information content (AvgIpc) is 3.25. The predicted molar refractivity (Wildman–Crippen MR) is 115 cm³/mol. The van der Waals surface area contributed by atoms with E-state index in [9.17, 15) is 4.79 Å². The Kier molecular flexibility index (Phi) is 5.04. The van der Waals surface area contributed by atoms with Crippen molar-refractivity contribution in [1.82, 2.24) is 24.8 Å². The van der Waals surface area contributed by atoms with Crippen molar-refractivity contribution in [2.24, 2.45) is 0 Å². The minimum atomic E-state index is -0.259. The Morgan fingerprint density at radius 3 is 2.83 bits per heavy atom. The third-order valence-corrected chi connectivity index (χ3v) is 6.10. The third-order valence-electron chi connectivity index (χ3n) is 5.80. The maximum atomic E-state index is 12.6. The fraction of sp³-hybridized carbons (Fsp3) is 0.429. The van der Waals surface area contributed by atoms with Crippen LogP contribution in [0.15, 0.2) is 23.1 Å². The zero-order chi connectivity index (χ0) is 20.7. The summed E-state index contributed by atoms with van der Waals surface area (Å²) < 4.78 is 5.26. The maximum absolute atomic E-state index is 12.6. The predicted octanol–water partition coefficient (Wildman–Crippen LogP) is 2.53. The van der Waals surface area contributed by atoms with E-state index in [1.54, 1.807) is 19.2 Å². The summed E-state index contributed by atoms with van der Waals surface area (Å²) in [7, 11) is 1.56. The average molecular weight is 427 g/mol. The molecule has 1 aromatic carbocycles. The van der Waals surface area contributed by atoms with E-state index in [0.29, 0.717) is 34.2 Å². The summed E-state index contributed by atoms with van der Waals surface area (Å²) in [4.78, 5) is 34.0. The van der Waals surface area contributed by atoms with Gasteiger partial charge in [-0.2, -0.15) is 0 Å². The van der Waals surface area contributed by atoms with Gasteiger partial charge in [-0.25, -0.2) is 15.0 Å². The number of nitrogens with zero attached hydrogens (tertiary/aromatic N) is 5. The fourth-order valence-electron chi connectivity index (χ4n) is 4.21. The van der Waals surface area contributed by atoms with Gasteiger partial charge in [-0.15, -0.1) is 0 Å². The summed E-state index contributed by atoms with van der Waals surface area (Å²) in [5.41, 5.74) is 2.41. The summed E-state index contributed by atoms with van der Waals surface area (Å²) in [6.45, 7) is 4.40. The molecule has 4 heterocycles. The van der Waals surface area contributed by atoms with Crippen LogP contribution in [0.3, 0.4) is 0 Å². The van der Waals surface area contributed by atoms with Gasteiger partial charge in [0.05, 0.1) is 35.3 Å². The summed E-state index contributed by atoms with van der Waals surface area (Å²) in [6, 6.07) is 3.35. The van der Waals surface area contributed by atoms with Crippen molar-refractivity contribution < 1.29 is 4.74 Å². The van der Waals surface area contributed by atoms with Gasteiger partial charge in [-0.3, -0.25) is 14.7 Å². The van der Waals surface area contributed by atoms with Crippen molar-refractivity contribution >= 4 is 28.5 Å². The minimum Gasteiger partial charge on any atom is -0.497 e. The Bertz CT molecular complexity index is 1160. The Hall–Kier alpha value is -2.71. The van der Waals surface area contributed by atoms with E-state index in [1.165, 1.54) is 12.8 Å². The van der Waals surface area contributed by atoms with Gasteiger partial charge >= 0.3 is 0 Å². The summed E-state index contributed by atoms with van der Waals surface area (Å²) >= 11 is 6.25. The van der Waals surface area contributed by atoms with E-state index in [0.717, 1.165) is 49.7 Å². The molecule has 2 aromatic heterocycles. The summed E-state index contributed by atoms with van der Waals surface area (Å²) in [6.07, 6.45) is 5.21. The van der Waals surface area contributed by atoms with Crippen LogP contribution in [0.2, 0.25) is 5.02 Å². The second-order valence-electron chi connectivity index (χ2n) is 7.81. The van der Waals surface area contributed by atoms with Crippen LogP contribution in [0, 0.1) is 0 Å². The molecule has 1 saturated heterocycles. The molecule has 2 aliphatic rings. The number of halogens is 1. The first kappa shape index (κ1) is 19.3. The molecule has 8 nitrogen and oxygen atoms in total. The summed E-state index contributed by atoms with van der Waals surface area (Å²) in [5, 5.41) is 0.695. The SMILES string of the molecule is COc1cc(Cl)c2c(=O)[nH]c(N3CCc4nc(CN5CCCC5)ncc4C3)nc2c1. The zero-order valence-corrected chi connectivity index (χ0v) is 17.6. The van der Waals surface area contributed by atoms with Gasteiger partial charge < -0.3 is 9.64 Å². The van der Waals surface area contributed by atoms with Gasteiger partial charge in [0.25, 0.3) is 5.56 Å². The topological polar surface area (TPSA) is 87.2 Å². The van der Waals surface area contributed by atoms with E-state index in [1.807, 2.05) is 11.1 Å². The first-order chi connectivity index (χ1) is 14.6. The molecule has 0 atom stereocenters. The number of likely N-dealkylation sites (tertiary alicyclic amines) is 1. The molecule has 0 bridgehead atoms. The Morgan fingerprint density at radius 1 is 1.20 bits per heavy atom. The van der Waals surface area contributed by atoms with Gasteiger partial charge in [0.1, 0.15) is 11.6 Å². The van der Waals surface area contributed by atoms with Crippen LogP contribution in [0.1, 0.15) is 29.9 Å². The monoisotopic (exact) mass is 426 g/mol. The van der Waals surface area contributed by atoms with Gasteiger partial charge in [-0.05, 0) is 32.0 Å². The molecule has 9 heteroatoms. The maximum Gasteiger partial charge on any atom is 0.261 e. The fourth-order valence-corrected chi connectivity index (χ4v) is 4.50. The van der Waals surface area contributed by atoms with Crippen LogP contribution in [-0.4, -0.2) is 51.6 Å². The molecule has 1 fully saturated rings.